The summed E-state index contributed by atoms with van der Waals surface area (Å²) in [7, 11) is 0. The van der Waals surface area contributed by atoms with Crippen LogP contribution in [-0.4, -0.2) is 18.4 Å². The molecule has 166 valence electrons. The van der Waals surface area contributed by atoms with Gasteiger partial charge in [-0.25, -0.2) is 0 Å². The molecule has 0 aromatic heterocycles. The van der Waals surface area contributed by atoms with Gasteiger partial charge in [-0.1, -0.05) is 60.2 Å². The third-order valence-corrected chi connectivity index (χ3v) is 6.77. The Balaban J connectivity index is 1.09. The zero-order chi connectivity index (χ0) is 22.0. The lowest BCUT2D eigenvalue weighted by Gasteiger charge is -2.33. The number of fused-ring (bicyclic) bond motifs is 2. The van der Waals surface area contributed by atoms with Crippen LogP contribution in [0.3, 0.4) is 0 Å². The van der Waals surface area contributed by atoms with Crippen LogP contribution >= 0.6 is 0 Å². The van der Waals surface area contributed by atoms with Crippen LogP contribution in [0, 0.1) is 0 Å². The molecule has 4 heteroatoms. The maximum absolute atomic E-state index is 5.94. The maximum atomic E-state index is 5.94. The molecular weight excluding hydrogens is 408 g/mol. The smallest absolute Gasteiger partial charge is 0.161 e. The number of hydrogen-bond donors (Lipinski definition) is 0. The van der Waals surface area contributed by atoms with Crippen molar-refractivity contribution in [1.29, 1.82) is 0 Å². The van der Waals surface area contributed by atoms with Gasteiger partial charge in [-0.05, 0) is 55.2 Å². The molecule has 1 aliphatic carbocycles. The fraction of sp³-hybridized carbons (Fsp3) is 0.241. The Labute approximate surface area is 195 Å². The monoisotopic (exact) mass is 436 g/mol. The zero-order valence-electron chi connectivity index (χ0n) is 18.7. The van der Waals surface area contributed by atoms with E-state index in [0.717, 1.165) is 43.9 Å². The molecule has 0 saturated heterocycles. The molecule has 0 bridgehead atoms. The summed E-state index contributed by atoms with van der Waals surface area (Å²) in [5.41, 5.74) is 7.93. The molecule has 6 rings (SSSR count). The molecule has 0 spiro atoms. The number of hydrogen-bond acceptors (Lipinski definition) is 4. The van der Waals surface area contributed by atoms with Crippen molar-refractivity contribution >= 4 is 5.69 Å². The molecule has 2 heterocycles. The number of ether oxygens (including phenoxy) is 2. The number of para-hydroxylation sites is 2. The van der Waals surface area contributed by atoms with E-state index < -0.39 is 0 Å². The van der Waals surface area contributed by atoms with Gasteiger partial charge in [-0.3, -0.25) is 0 Å². The predicted molar refractivity (Wildman–Crippen MR) is 131 cm³/mol. The summed E-state index contributed by atoms with van der Waals surface area (Å²) < 4.78 is 11.9. The number of nitrogens with zero attached hydrogens (tertiary/aromatic N) is 2. The van der Waals surface area contributed by atoms with Crippen molar-refractivity contribution in [3.05, 3.63) is 113 Å². The number of anilines is 1. The first kappa shape index (κ1) is 20.0. The first-order valence-corrected chi connectivity index (χ1v) is 11.7. The second-order valence-electron chi connectivity index (χ2n) is 8.98. The van der Waals surface area contributed by atoms with E-state index in [0.29, 0.717) is 13.5 Å². The summed E-state index contributed by atoms with van der Waals surface area (Å²) in [6.07, 6.45) is 7.76. The lowest BCUT2D eigenvalue weighted by Crippen LogP contribution is -2.31. The van der Waals surface area contributed by atoms with E-state index in [1.54, 1.807) is 0 Å². The van der Waals surface area contributed by atoms with E-state index in [-0.39, 0.29) is 0 Å². The second-order valence-corrected chi connectivity index (χ2v) is 8.98. The number of rotatable bonds is 4. The van der Waals surface area contributed by atoms with Crippen molar-refractivity contribution in [3.63, 3.8) is 0 Å². The Hall–Kier alpha value is -3.66. The zero-order valence-corrected chi connectivity index (χ0v) is 18.7. The molecule has 0 atom stereocenters. The van der Waals surface area contributed by atoms with E-state index in [1.165, 1.54) is 33.6 Å². The largest absolute Gasteiger partial charge is 0.473 e. The molecule has 0 N–H and O–H groups in total. The Kier molecular flexibility index (Phi) is 5.27. The summed E-state index contributed by atoms with van der Waals surface area (Å²) >= 11 is 0. The van der Waals surface area contributed by atoms with Gasteiger partial charge in [-0.2, -0.15) is 0 Å². The highest BCUT2D eigenvalue weighted by Crippen LogP contribution is 2.31. The summed E-state index contributed by atoms with van der Waals surface area (Å²) in [5.74, 6) is 2.02. The molecular formula is C29H28N2O2. The molecule has 0 radical (unpaired) electrons. The molecule has 3 aromatic rings. The molecule has 0 fully saturated rings. The van der Waals surface area contributed by atoms with Crippen molar-refractivity contribution in [2.24, 2.45) is 0 Å². The van der Waals surface area contributed by atoms with E-state index in [9.17, 15) is 0 Å². The lowest BCUT2D eigenvalue weighted by molar-refractivity contribution is 0.124. The van der Waals surface area contributed by atoms with Gasteiger partial charge in [-0.15, -0.1) is 0 Å². The number of allylic oxidation sites excluding steroid dienone is 4. The highest BCUT2D eigenvalue weighted by Gasteiger charge is 2.20. The molecule has 33 heavy (non-hydrogen) atoms. The molecule has 0 saturated carbocycles. The van der Waals surface area contributed by atoms with Crippen LogP contribution in [0.15, 0.2) is 96.2 Å². The fourth-order valence-corrected chi connectivity index (χ4v) is 4.87. The van der Waals surface area contributed by atoms with Gasteiger partial charge in [0.2, 0.25) is 0 Å². The standard InChI is InChI=1S/C29H28N2O2/c1-3-7-28-24(5-1)18-30(20-32-28)26-13-9-22(10-14-26)17-23-11-15-27(16-12-23)31-19-25-6-2-4-8-29(25)33-21-31/h1-11,13-15H,12,16-21H2. The minimum Gasteiger partial charge on any atom is -0.473 e. The third-order valence-electron chi connectivity index (χ3n) is 6.77. The summed E-state index contributed by atoms with van der Waals surface area (Å²) in [6, 6.07) is 25.6. The molecule has 2 aliphatic heterocycles. The second kappa shape index (κ2) is 8.70. The Bertz CT molecular complexity index is 1210. The van der Waals surface area contributed by atoms with Crippen molar-refractivity contribution in [3.8, 4) is 11.5 Å². The van der Waals surface area contributed by atoms with Gasteiger partial charge in [0.25, 0.3) is 0 Å². The lowest BCUT2D eigenvalue weighted by atomic mass is 9.95. The first-order chi connectivity index (χ1) is 16.3. The van der Waals surface area contributed by atoms with Gasteiger partial charge in [0.1, 0.15) is 11.5 Å². The Morgan fingerprint density at radius 2 is 1.27 bits per heavy atom. The topological polar surface area (TPSA) is 24.9 Å². The van der Waals surface area contributed by atoms with E-state index >= 15 is 0 Å². The van der Waals surface area contributed by atoms with Crippen LogP contribution in [0.1, 0.15) is 29.5 Å². The van der Waals surface area contributed by atoms with Crippen LogP contribution in [0.5, 0.6) is 11.5 Å². The summed E-state index contributed by atoms with van der Waals surface area (Å²) in [6.45, 7) is 3.05. The maximum Gasteiger partial charge on any atom is 0.161 e. The van der Waals surface area contributed by atoms with Crippen LogP contribution in [0.4, 0.5) is 5.69 Å². The van der Waals surface area contributed by atoms with Crippen LogP contribution in [0.2, 0.25) is 0 Å². The SMILES string of the molecule is C1=C(Cc2ccc(N3COc4ccccc4C3)cc2)CCC(N2COc3ccccc3C2)=C1. The van der Waals surface area contributed by atoms with Crippen LogP contribution in [0.25, 0.3) is 0 Å². The van der Waals surface area contributed by atoms with Crippen LogP contribution in [-0.2, 0) is 19.5 Å². The van der Waals surface area contributed by atoms with Gasteiger partial charge in [0.15, 0.2) is 13.5 Å². The van der Waals surface area contributed by atoms with E-state index in [1.807, 2.05) is 18.2 Å². The third kappa shape index (κ3) is 4.21. The predicted octanol–water partition coefficient (Wildman–Crippen LogP) is 6.04. The first-order valence-electron chi connectivity index (χ1n) is 11.7. The Morgan fingerprint density at radius 3 is 1.94 bits per heavy atom. The van der Waals surface area contributed by atoms with Crippen molar-refractivity contribution in [2.75, 3.05) is 18.4 Å². The number of benzene rings is 3. The Morgan fingerprint density at radius 1 is 0.636 bits per heavy atom. The minimum absolute atomic E-state index is 0.597. The molecule has 0 amide bonds. The van der Waals surface area contributed by atoms with Gasteiger partial charge in [0, 0.05) is 35.6 Å². The molecule has 0 unspecified atom stereocenters. The molecule has 3 aromatic carbocycles. The van der Waals surface area contributed by atoms with Crippen LogP contribution < -0.4 is 14.4 Å². The normalized spacial score (nSPS) is 17.2. The van der Waals surface area contributed by atoms with Crippen molar-refractivity contribution in [1.82, 2.24) is 4.90 Å². The van der Waals surface area contributed by atoms with Crippen molar-refractivity contribution in [2.45, 2.75) is 32.4 Å². The van der Waals surface area contributed by atoms with E-state index in [2.05, 4.69) is 76.5 Å². The highest BCUT2D eigenvalue weighted by molar-refractivity contribution is 5.51. The van der Waals surface area contributed by atoms with E-state index in [4.69, 9.17) is 9.47 Å². The van der Waals surface area contributed by atoms with Crippen molar-refractivity contribution < 1.29 is 9.47 Å². The van der Waals surface area contributed by atoms with Gasteiger partial charge in [0.05, 0.1) is 0 Å². The van der Waals surface area contributed by atoms with Gasteiger partial charge < -0.3 is 19.3 Å². The average molecular weight is 437 g/mol. The summed E-state index contributed by atoms with van der Waals surface area (Å²) in [4.78, 5) is 4.63. The quantitative estimate of drug-likeness (QED) is 0.498. The molecule has 3 aliphatic rings. The van der Waals surface area contributed by atoms with Gasteiger partial charge >= 0.3 is 0 Å². The molecule has 4 nitrogen and oxygen atoms in total. The summed E-state index contributed by atoms with van der Waals surface area (Å²) in [5, 5.41) is 0. The fourth-order valence-electron chi connectivity index (χ4n) is 4.87. The minimum atomic E-state index is 0.597. The average Bonchev–Trinajstić information content (AvgIpc) is 2.89. The highest BCUT2D eigenvalue weighted by atomic mass is 16.5.